The molecular formula is C17H19ClN4O3S2. The highest BCUT2D eigenvalue weighted by Gasteiger charge is 2.34. The van der Waals surface area contributed by atoms with Crippen molar-refractivity contribution in [3.63, 3.8) is 0 Å². The number of nitrogens with zero attached hydrogens (tertiary/aromatic N) is 3. The van der Waals surface area contributed by atoms with Crippen molar-refractivity contribution >= 4 is 44.7 Å². The first-order valence-electron chi connectivity index (χ1n) is 8.84. The molecule has 1 aliphatic carbocycles. The number of rotatable bonds is 4. The molecule has 1 saturated heterocycles. The Balaban J connectivity index is 1.48. The van der Waals surface area contributed by atoms with Gasteiger partial charge in [-0.1, -0.05) is 11.6 Å². The molecule has 0 radical (unpaired) electrons. The second-order valence-corrected chi connectivity index (χ2v) is 10.6. The van der Waals surface area contributed by atoms with Crippen molar-refractivity contribution in [1.29, 1.82) is 0 Å². The van der Waals surface area contributed by atoms with Crippen molar-refractivity contribution in [2.75, 3.05) is 18.4 Å². The SMILES string of the molecule is O=C(Nc1ncnc2c1CCC2)C1CCCN(S(=O)(=O)c2ccc(Cl)s2)C1. The zero-order valence-corrected chi connectivity index (χ0v) is 16.9. The number of anilines is 1. The molecule has 2 aromatic rings. The maximum absolute atomic E-state index is 12.8. The zero-order valence-electron chi connectivity index (χ0n) is 14.5. The Labute approximate surface area is 166 Å². The number of hydrogen-bond donors (Lipinski definition) is 1. The minimum absolute atomic E-state index is 0.164. The first kappa shape index (κ1) is 18.8. The molecule has 10 heteroatoms. The van der Waals surface area contributed by atoms with Gasteiger partial charge in [0.2, 0.25) is 5.91 Å². The lowest BCUT2D eigenvalue weighted by Crippen LogP contribution is -2.43. The van der Waals surface area contributed by atoms with Crippen molar-refractivity contribution in [1.82, 2.24) is 14.3 Å². The van der Waals surface area contributed by atoms with Gasteiger partial charge >= 0.3 is 0 Å². The molecule has 3 heterocycles. The molecule has 1 N–H and O–H groups in total. The standard InChI is InChI=1S/C17H19ClN4O3S2/c18-14-6-7-15(26-14)27(24,25)22-8-2-3-11(9-22)17(23)21-16-12-4-1-5-13(12)19-10-20-16/h6-7,10-11H,1-5,8-9H2,(H,19,20,21,23). The van der Waals surface area contributed by atoms with Gasteiger partial charge in [0, 0.05) is 24.3 Å². The summed E-state index contributed by atoms with van der Waals surface area (Å²) in [5, 5.41) is 2.90. The van der Waals surface area contributed by atoms with Gasteiger partial charge in [0.15, 0.2) is 0 Å². The van der Waals surface area contributed by atoms with Crippen LogP contribution in [-0.4, -0.2) is 41.7 Å². The largest absolute Gasteiger partial charge is 0.310 e. The fourth-order valence-electron chi connectivity index (χ4n) is 3.62. The van der Waals surface area contributed by atoms with Crippen LogP contribution < -0.4 is 5.32 Å². The summed E-state index contributed by atoms with van der Waals surface area (Å²) in [7, 11) is -3.63. The van der Waals surface area contributed by atoms with E-state index in [-0.39, 0.29) is 16.7 Å². The molecule has 1 atom stereocenters. The normalized spacial score (nSPS) is 20.4. The van der Waals surface area contributed by atoms with Gasteiger partial charge in [-0.25, -0.2) is 18.4 Å². The Kier molecular flexibility index (Phi) is 5.19. The van der Waals surface area contributed by atoms with Gasteiger partial charge in [-0.3, -0.25) is 4.79 Å². The Bertz CT molecular complexity index is 976. The number of thiophene rings is 1. The summed E-state index contributed by atoms with van der Waals surface area (Å²) in [4.78, 5) is 21.2. The quantitative estimate of drug-likeness (QED) is 0.811. The van der Waals surface area contributed by atoms with E-state index in [9.17, 15) is 13.2 Å². The van der Waals surface area contributed by atoms with E-state index in [2.05, 4.69) is 15.3 Å². The van der Waals surface area contributed by atoms with Gasteiger partial charge in [0.1, 0.15) is 16.4 Å². The summed E-state index contributed by atoms with van der Waals surface area (Å²) < 4.78 is 27.6. The van der Waals surface area contributed by atoms with Gasteiger partial charge in [0.05, 0.1) is 10.3 Å². The van der Waals surface area contributed by atoms with Crippen molar-refractivity contribution in [2.45, 2.75) is 36.3 Å². The van der Waals surface area contributed by atoms with Crippen LogP contribution in [0.15, 0.2) is 22.7 Å². The topological polar surface area (TPSA) is 92.3 Å². The van der Waals surface area contributed by atoms with Crippen molar-refractivity contribution in [2.24, 2.45) is 5.92 Å². The van der Waals surface area contributed by atoms with E-state index >= 15 is 0 Å². The van der Waals surface area contributed by atoms with E-state index in [1.54, 1.807) is 6.07 Å². The average Bonchev–Trinajstić information content (AvgIpc) is 3.31. The lowest BCUT2D eigenvalue weighted by Gasteiger charge is -2.30. The van der Waals surface area contributed by atoms with Crippen LogP contribution in [0.1, 0.15) is 30.5 Å². The van der Waals surface area contributed by atoms with E-state index in [4.69, 9.17) is 11.6 Å². The van der Waals surface area contributed by atoms with Crippen LogP contribution in [0.3, 0.4) is 0 Å². The van der Waals surface area contributed by atoms with Gasteiger partial charge in [-0.05, 0) is 44.2 Å². The van der Waals surface area contributed by atoms with E-state index < -0.39 is 15.9 Å². The smallest absolute Gasteiger partial charge is 0.252 e. The number of aryl methyl sites for hydroxylation is 1. The molecular weight excluding hydrogens is 408 g/mol. The zero-order chi connectivity index (χ0) is 19.0. The summed E-state index contributed by atoms with van der Waals surface area (Å²) in [6.07, 6.45) is 5.53. The minimum Gasteiger partial charge on any atom is -0.310 e. The van der Waals surface area contributed by atoms with Crippen LogP contribution >= 0.6 is 22.9 Å². The number of carbonyl (C=O) groups excluding carboxylic acids is 1. The maximum atomic E-state index is 12.8. The van der Waals surface area contributed by atoms with Crippen LogP contribution in [0.2, 0.25) is 4.34 Å². The fourth-order valence-corrected chi connectivity index (χ4v) is 6.79. The third-order valence-corrected chi connectivity index (χ3v) is 8.58. The summed E-state index contributed by atoms with van der Waals surface area (Å²) in [6, 6.07) is 3.08. The van der Waals surface area contributed by atoms with E-state index in [0.717, 1.165) is 41.9 Å². The summed E-state index contributed by atoms with van der Waals surface area (Å²) in [5.41, 5.74) is 1.99. The second kappa shape index (κ2) is 7.46. The molecule has 1 aliphatic heterocycles. The number of sulfonamides is 1. The third-order valence-electron chi connectivity index (χ3n) is 5.01. The highest BCUT2D eigenvalue weighted by atomic mass is 35.5. The van der Waals surface area contributed by atoms with Gasteiger partial charge in [-0.2, -0.15) is 4.31 Å². The molecule has 1 unspecified atom stereocenters. The highest BCUT2D eigenvalue weighted by Crippen LogP contribution is 2.31. The monoisotopic (exact) mass is 426 g/mol. The molecule has 0 bridgehead atoms. The average molecular weight is 427 g/mol. The number of halogens is 1. The first-order valence-corrected chi connectivity index (χ1v) is 11.5. The number of nitrogens with one attached hydrogen (secondary N) is 1. The predicted molar refractivity (Wildman–Crippen MR) is 103 cm³/mol. The fraction of sp³-hybridized carbons (Fsp3) is 0.471. The molecule has 2 aromatic heterocycles. The van der Waals surface area contributed by atoms with Crippen molar-refractivity contribution < 1.29 is 13.2 Å². The van der Waals surface area contributed by atoms with Crippen molar-refractivity contribution in [3.8, 4) is 0 Å². The Hall–Kier alpha value is -1.55. The van der Waals surface area contributed by atoms with Crippen LogP contribution in [-0.2, 0) is 27.7 Å². The Morgan fingerprint density at radius 3 is 2.89 bits per heavy atom. The van der Waals surface area contributed by atoms with Gasteiger partial charge in [-0.15, -0.1) is 11.3 Å². The van der Waals surface area contributed by atoms with Gasteiger partial charge in [0.25, 0.3) is 10.0 Å². The molecule has 0 saturated carbocycles. The summed E-state index contributed by atoms with van der Waals surface area (Å²) in [5.74, 6) is -0.0320. The lowest BCUT2D eigenvalue weighted by atomic mass is 9.99. The summed E-state index contributed by atoms with van der Waals surface area (Å²) in [6.45, 7) is 0.571. The minimum atomic E-state index is -3.63. The van der Waals surface area contributed by atoms with Crippen molar-refractivity contribution in [3.05, 3.63) is 34.1 Å². The molecule has 0 spiro atoms. The van der Waals surface area contributed by atoms with Crippen LogP contribution in [0, 0.1) is 5.92 Å². The molecule has 1 amide bonds. The molecule has 144 valence electrons. The summed E-state index contributed by atoms with van der Waals surface area (Å²) >= 11 is 6.91. The molecule has 2 aliphatic rings. The van der Waals surface area contributed by atoms with Crippen LogP contribution in [0.25, 0.3) is 0 Å². The molecule has 4 rings (SSSR count). The Morgan fingerprint density at radius 2 is 2.11 bits per heavy atom. The van der Waals surface area contributed by atoms with E-state index in [1.165, 1.54) is 16.7 Å². The molecule has 1 fully saturated rings. The lowest BCUT2D eigenvalue weighted by molar-refractivity contribution is -0.120. The first-order chi connectivity index (χ1) is 12.9. The van der Waals surface area contributed by atoms with Crippen LogP contribution in [0.5, 0.6) is 0 Å². The number of aromatic nitrogens is 2. The Morgan fingerprint density at radius 1 is 1.26 bits per heavy atom. The van der Waals surface area contributed by atoms with Gasteiger partial charge < -0.3 is 5.32 Å². The maximum Gasteiger partial charge on any atom is 0.252 e. The molecule has 27 heavy (non-hydrogen) atoms. The third kappa shape index (κ3) is 3.73. The number of carbonyl (C=O) groups is 1. The predicted octanol–water partition coefficient (Wildman–Crippen LogP) is 2.72. The molecule has 7 nitrogen and oxygen atoms in total. The van der Waals surface area contributed by atoms with E-state index in [1.807, 2.05) is 0 Å². The number of piperidine rings is 1. The molecule has 0 aromatic carbocycles. The second-order valence-electron chi connectivity index (χ2n) is 6.75. The number of amides is 1. The highest BCUT2D eigenvalue weighted by molar-refractivity contribution is 7.91. The number of hydrogen-bond acceptors (Lipinski definition) is 6. The number of fused-ring (bicyclic) bond motifs is 1. The van der Waals surface area contributed by atoms with E-state index in [0.29, 0.717) is 29.5 Å². The van der Waals surface area contributed by atoms with Crippen LogP contribution in [0.4, 0.5) is 5.82 Å².